The van der Waals surface area contributed by atoms with Crippen molar-refractivity contribution >= 4 is 28.5 Å². The van der Waals surface area contributed by atoms with Crippen molar-refractivity contribution in [2.45, 2.75) is 33.1 Å². The summed E-state index contributed by atoms with van der Waals surface area (Å²) in [5.41, 5.74) is 4.53. The number of anilines is 1. The quantitative estimate of drug-likeness (QED) is 0.303. The summed E-state index contributed by atoms with van der Waals surface area (Å²) >= 11 is 6.07. The molecule has 0 atom stereocenters. The number of ether oxygens (including phenoxy) is 1. The highest BCUT2D eigenvalue weighted by atomic mass is 35.5. The first-order valence-electron chi connectivity index (χ1n) is 9.92. The van der Waals surface area contributed by atoms with Crippen molar-refractivity contribution in [3.05, 3.63) is 63.3 Å². The van der Waals surface area contributed by atoms with Crippen LogP contribution in [0.15, 0.2) is 30.3 Å². The summed E-state index contributed by atoms with van der Waals surface area (Å²) in [5, 5.41) is 2.95. The maximum Gasteiger partial charge on any atom is 0.434 e. The maximum atomic E-state index is 13.9. The number of nitrogens with zero attached hydrogens (tertiary/aromatic N) is 4. The summed E-state index contributed by atoms with van der Waals surface area (Å²) in [6, 6.07) is 5.82. The van der Waals surface area contributed by atoms with Crippen LogP contribution >= 0.6 is 11.6 Å². The van der Waals surface area contributed by atoms with Crippen LogP contribution in [0.3, 0.4) is 0 Å². The molecular formula is C22H16ClF6N5O. The molecule has 0 bridgehead atoms. The van der Waals surface area contributed by atoms with E-state index in [1.165, 1.54) is 6.92 Å². The average molecular weight is 516 g/mol. The Bertz CT molecular complexity index is 1420. The standard InChI is InChI=1S/C22H16ClF6N5O/c1-9-4-10(2)6-13(5-9)35-20-31-17(22(27,28)29)15-18(30)34(33-19(15)32-20)16-11(3)7-12(8-14(16)23)21(24,25)26/h4-8H,30H2,1-3H3. The van der Waals surface area contributed by atoms with Crippen molar-refractivity contribution in [1.29, 1.82) is 0 Å². The third-order valence-corrected chi connectivity index (χ3v) is 5.30. The van der Waals surface area contributed by atoms with E-state index in [-0.39, 0.29) is 17.0 Å². The smallest absolute Gasteiger partial charge is 0.424 e. The first-order chi connectivity index (χ1) is 16.1. The zero-order valence-corrected chi connectivity index (χ0v) is 19.1. The SMILES string of the molecule is Cc1cc(C)cc(Oc2nc(C(F)(F)F)c3c(N)n(-c4c(C)cc(C(F)(F)F)cc4Cl)nc3n2)c1. The molecule has 2 aromatic heterocycles. The summed E-state index contributed by atoms with van der Waals surface area (Å²) in [7, 11) is 0. The molecule has 13 heteroatoms. The van der Waals surface area contributed by atoms with Crippen LogP contribution in [0.2, 0.25) is 5.02 Å². The molecule has 0 saturated carbocycles. The van der Waals surface area contributed by atoms with Crippen molar-refractivity contribution < 1.29 is 31.1 Å². The van der Waals surface area contributed by atoms with Gasteiger partial charge in [-0.1, -0.05) is 17.7 Å². The minimum atomic E-state index is -4.97. The number of aromatic nitrogens is 4. The van der Waals surface area contributed by atoms with Crippen LogP contribution in [0.25, 0.3) is 16.7 Å². The molecule has 4 aromatic rings. The number of aryl methyl sites for hydroxylation is 3. The number of fused-ring (bicyclic) bond motifs is 1. The number of nitrogens with two attached hydrogens (primary N) is 1. The van der Waals surface area contributed by atoms with Crippen molar-refractivity contribution in [2.75, 3.05) is 5.73 Å². The van der Waals surface area contributed by atoms with Crippen LogP contribution in [0.5, 0.6) is 11.8 Å². The summed E-state index contributed by atoms with van der Waals surface area (Å²) < 4.78 is 87.4. The van der Waals surface area contributed by atoms with E-state index in [9.17, 15) is 26.3 Å². The second-order valence-corrected chi connectivity index (χ2v) is 8.30. The molecule has 0 radical (unpaired) electrons. The highest BCUT2D eigenvalue weighted by molar-refractivity contribution is 6.32. The number of nitrogen functional groups attached to an aromatic ring is 1. The molecule has 0 saturated heterocycles. The van der Waals surface area contributed by atoms with Crippen LogP contribution in [0.1, 0.15) is 27.9 Å². The van der Waals surface area contributed by atoms with Gasteiger partial charge in [0.15, 0.2) is 11.3 Å². The Labute approximate surface area is 199 Å². The Morgan fingerprint density at radius 2 is 1.51 bits per heavy atom. The Hall–Kier alpha value is -3.54. The predicted molar refractivity (Wildman–Crippen MR) is 117 cm³/mol. The summed E-state index contributed by atoms with van der Waals surface area (Å²) in [5.74, 6) is -0.334. The van der Waals surface area contributed by atoms with E-state index in [1.807, 2.05) is 6.07 Å². The Morgan fingerprint density at radius 1 is 0.886 bits per heavy atom. The van der Waals surface area contributed by atoms with Gasteiger partial charge in [0.2, 0.25) is 0 Å². The van der Waals surface area contributed by atoms with E-state index in [2.05, 4.69) is 15.1 Å². The first kappa shape index (κ1) is 24.6. The van der Waals surface area contributed by atoms with Gasteiger partial charge in [0, 0.05) is 0 Å². The Balaban J connectivity index is 1.92. The van der Waals surface area contributed by atoms with Gasteiger partial charge in [0.1, 0.15) is 11.6 Å². The summed E-state index contributed by atoms with van der Waals surface area (Å²) in [4.78, 5) is 7.47. The van der Waals surface area contributed by atoms with E-state index in [1.54, 1.807) is 26.0 Å². The Morgan fingerprint density at radius 3 is 2.06 bits per heavy atom. The van der Waals surface area contributed by atoms with Gasteiger partial charge >= 0.3 is 18.4 Å². The van der Waals surface area contributed by atoms with Crippen LogP contribution in [-0.2, 0) is 12.4 Å². The monoisotopic (exact) mass is 515 g/mol. The van der Waals surface area contributed by atoms with E-state index < -0.39 is 51.5 Å². The lowest BCUT2D eigenvalue weighted by Crippen LogP contribution is -2.12. The molecule has 6 nitrogen and oxygen atoms in total. The second kappa shape index (κ2) is 8.29. The molecule has 2 heterocycles. The van der Waals surface area contributed by atoms with Crippen LogP contribution in [0.4, 0.5) is 32.2 Å². The fourth-order valence-corrected chi connectivity index (χ4v) is 4.03. The van der Waals surface area contributed by atoms with E-state index in [0.717, 1.165) is 21.9 Å². The molecule has 0 aliphatic rings. The molecule has 0 aliphatic heterocycles. The zero-order chi connectivity index (χ0) is 25.9. The first-order valence-corrected chi connectivity index (χ1v) is 10.3. The van der Waals surface area contributed by atoms with E-state index in [4.69, 9.17) is 22.1 Å². The summed E-state index contributed by atoms with van der Waals surface area (Å²) in [6.45, 7) is 4.86. The number of hydrogen-bond acceptors (Lipinski definition) is 5. The zero-order valence-electron chi connectivity index (χ0n) is 18.3. The second-order valence-electron chi connectivity index (χ2n) is 7.90. The highest BCUT2D eigenvalue weighted by Crippen LogP contribution is 2.40. The average Bonchev–Trinajstić information content (AvgIpc) is 3.00. The molecule has 4 rings (SSSR count). The van der Waals surface area contributed by atoms with Gasteiger partial charge in [-0.25, -0.2) is 4.68 Å². The van der Waals surface area contributed by atoms with Gasteiger partial charge in [-0.3, -0.25) is 0 Å². The molecule has 0 unspecified atom stereocenters. The maximum absolute atomic E-state index is 13.9. The Kier molecular flexibility index (Phi) is 5.82. The minimum Gasteiger partial charge on any atom is -0.424 e. The molecule has 0 aliphatic carbocycles. The number of alkyl halides is 6. The number of benzene rings is 2. The lowest BCUT2D eigenvalue weighted by atomic mass is 10.1. The van der Waals surface area contributed by atoms with Gasteiger partial charge in [-0.15, -0.1) is 5.10 Å². The number of halogens is 7. The normalized spacial score (nSPS) is 12.4. The lowest BCUT2D eigenvalue weighted by Gasteiger charge is -2.14. The van der Waals surface area contributed by atoms with Crippen molar-refractivity contribution in [1.82, 2.24) is 19.7 Å². The van der Waals surface area contributed by atoms with Crippen LogP contribution < -0.4 is 10.5 Å². The van der Waals surface area contributed by atoms with Crippen LogP contribution in [-0.4, -0.2) is 19.7 Å². The molecule has 2 aromatic carbocycles. The number of hydrogen-bond donors (Lipinski definition) is 1. The topological polar surface area (TPSA) is 78.9 Å². The van der Waals surface area contributed by atoms with E-state index in [0.29, 0.717) is 6.07 Å². The number of rotatable bonds is 3. The third-order valence-electron chi connectivity index (χ3n) is 5.01. The highest BCUT2D eigenvalue weighted by Gasteiger charge is 2.39. The molecular weight excluding hydrogens is 500 g/mol. The van der Waals surface area contributed by atoms with Crippen molar-refractivity contribution in [3.8, 4) is 17.4 Å². The van der Waals surface area contributed by atoms with Gasteiger partial charge in [-0.05, 0) is 61.7 Å². The lowest BCUT2D eigenvalue weighted by molar-refractivity contribution is -0.140. The largest absolute Gasteiger partial charge is 0.434 e. The van der Waals surface area contributed by atoms with Gasteiger partial charge in [0.05, 0.1) is 21.7 Å². The third kappa shape index (κ3) is 4.70. The van der Waals surface area contributed by atoms with Gasteiger partial charge < -0.3 is 10.5 Å². The molecule has 2 N–H and O–H groups in total. The predicted octanol–water partition coefficient (Wildman–Crippen LogP) is 6.81. The summed E-state index contributed by atoms with van der Waals surface area (Å²) in [6.07, 6.45) is -9.65. The fraction of sp³-hybridized carbons (Fsp3) is 0.227. The molecule has 0 fully saturated rings. The minimum absolute atomic E-state index is 0.0161. The van der Waals surface area contributed by atoms with Crippen molar-refractivity contribution in [2.24, 2.45) is 0 Å². The van der Waals surface area contributed by atoms with Crippen LogP contribution in [0, 0.1) is 20.8 Å². The fourth-order valence-electron chi connectivity index (χ4n) is 3.68. The molecule has 0 spiro atoms. The van der Waals surface area contributed by atoms with Gasteiger partial charge in [0.25, 0.3) is 0 Å². The van der Waals surface area contributed by atoms with Crippen molar-refractivity contribution in [3.63, 3.8) is 0 Å². The van der Waals surface area contributed by atoms with E-state index >= 15 is 0 Å². The molecule has 184 valence electrons. The van der Waals surface area contributed by atoms with Gasteiger partial charge in [-0.2, -0.15) is 36.3 Å². The molecule has 0 amide bonds. The molecule has 35 heavy (non-hydrogen) atoms.